The summed E-state index contributed by atoms with van der Waals surface area (Å²) < 4.78 is 38.4. The average molecular weight is 475 g/mol. The van der Waals surface area contributed by atoms with Crippen LogP contribution in [0.25, 0.3) is 0 Å². The molecule has 1 fully saturated rings. The van der Waals surface area contributed by atoms with E-state index in [1.54, 1.807) is 6.07 Å². The van der Waals surface area contributed by atoms with Gasteiger partial charge in [-0.25, -0.2) is 8.42 Å². The highest BCUT2D eigenvalue weighted by Gasteiger charge is 2.34. The Balaban J connectivity index is 1.74. The molecule has 2 unspecified atom stereocenters. The topological polar surface area (TPSA) is 84.9 Å². The maximum absolute atomic E-state index is 13.3. The summed E-state index contributed by atoms with van der Waals surface area (Å²) in [4.78, 5) is 13.2. The van der Waals surface area contributed by atoms with Crippen LogP contribution in [0.5, 0.6) is 11.5 Å². The summed E-state index contributed by atoms with van der Waals surface area (Å²) in [6, 6.07) is 8.63. The van der Waals surface area contributed by atoms with Gasteiger partial charge in [0.05, 0.1) is 31.1 Å². The maximum Gasteiger partial charge on any atom is 0.243 e. The monoisotopic (exact) mass is 474 g/mol. The molecule has 0 bridgehead atoms. The number of piperidine rings is 1. The van der Waals surface area contributed by atoms with Crippen molar-refractivity contribution in [3.8, 4) is 11.5 Å². The molecular formula is C25H34N2O5S. The lowest BCUT2D eigenvalue weighted by molar-refractivity contribution is -0.126. The zero-order valence-corrected chi connectivity index (χ0v) is 21.1. The fourth-order valence-corrected chi connectivity index (χ4v) is 5.90. The number of sulfonamides is 1. The Kier molecular flexibility index (Phi) is 7.69. The van der Waals surface area contributed by atoms with E-state index >= 15 is 0 Å². The van der Waals surface area contributed by atoms with E-state index in [9.17, 15) is 13.2 Å². The van der Waals surface area contributed by atoms with E-state index in [4.69, 9.17) is 9.47 Å². The lowest BCUT2D eigenvalue weighted by atomic mass is 9.95. The van der Waals surface area contributed by atoms with Crippen LogP contribution in [0.3, 0.4) is 0 Å². The minimum absolute atomic E-state index is 0.118. The molecule has 1 heterocycles. The summed E-state index contributed by atoms with van der Waals surface area (Å²) in [5.74, 6) is 0.292. The van der Waals surface area contributed by atoms with Gasteiger partial charge in [0, 0.05) is 19.2 Å². The van der Waals surface area contributed by atoms with Gasteiger partial charge in [-0.2, -0.15) is 4.31 Å². The molecule has 0 spiro atoms. The largest absolute Gasteiger partial charge is 0.493 e. The van der Waals surface area contributed by atoms with E-state index in [1.165, 1.54) is 41.8 Å². The Morgan fingerprint density at radius 2 is 1.70 bits per heavy atom. The van der Waals surface area contributed by atoms with Gasteiger partial charge < -0.3 is 14.8 Å². The molecule has 1 N–H and O–H groups in total. The van der Waals surface area contributed by atoms with Crippen molar-refractivity contribution in [2.75, 3.05) is 27.3 Å². The Bertz CT molecular complexity index is 1130. The number of carbonyl (C=O) groups excluding carboxylic acids is 1. The molecule has 33 heavy (non-hydrogen) atoms. The van der Waals surface area contributed by atoms with Gasteiger partial charge in [-0.3, -0.25) is 4.79 Å². The van der Waals surface area contributed by atoms with Crippen molar-refractivity contribution in [1.29, 1.82) is 0 Å². The Labute approximate surface area is 197 Å². The molecule has 1 aliphatic heterocycles. The van der Waals surface area contributed by atoms with E-state index < -0.39 is 15.9 Å². The molecule has 0 radical (unpaired) electrons. The van der Waals surface area contributed by atoms with Crippen molar-refractivity contribution in [2.24, 2.45) is 5.92 Å². The number of nitrogens with zero attached hydrogens (tertiary/aromatic N) is 1. The van der Waals surface area contributed by atoms with Gasteiger partial charge in [0.1, 0.15) is 0 Å². The predicted molar refractivity (Wildman–Crippen MR) is 128 cm³/mol. The molecule has 1 saturated heterocycles. The molecule has 0 aliphatic carbocycles. The van der Waals surface area contributed by atoms with Gasteiger partial charge in [-0.15, -0.1) is 0 Å². The summed E-state index contributed by atoms with van der Waals surface area (Å²) in [7, 11) is -0.800. The molecule has 0 aromatic heterocycles. The number of amides is 1. The standard InChI is InChI=1S/C25H34N2O5S/c1-16-12-18(3)22(13-17(16)2)19(4)26-25(28)20-8-7-11-27(15-20)33(29,30)21-9-10-23(31-5)24(14-21)32-6/h9-10,12-14,19-20H,7-8,11,15H2,1-6H3,(H,26,28). The zero-order chi connectivity index (χ0) is 24.3. The molecule has 180 valence electrons. The van der Waals surface area contributed by atoms with E-state index in [-0.39, 0.29) is 23.4 Å². The fraction of sp³-hybridized carbons (Fsp3) is 0.480. The van der Waals surface area contributed by atoms with E-state index in [0.717, 1.165) is 11.1 Å². The maximum atomic E-state index is 13.3. The van der Waals surface area contributed by atoms with Crippen molar-refractivity contribution in [3.63, 3.8) is 0 Å². The third-order valence-corrected chi connectivity index (χ3v) is 8.32. The van der Waals surface area contributed by atoms with Crippen LogP contribution < -0.4 is 14.8 Å². The van der Waals surface area contributed by atoms with Crippen LogP contribution in [0.1, 0.15) is 48.1 Å². The van der Waals surface area contributed by atoms with E-state index in [0.29, 0.717) is 30.9 Å². The van der Waals surface area contributed by atoms with Gasteiger partial charge in [0.25, 0.3) is 0 Å². The lowest BCUT2D eigenvalue weighted by Gasteiger charge is -2.32. The molecular weight excluding hydrogens is 440 g/mol. The summed E-state index contributed by atoms with van der Waals surface area (Å²) in [6.45, 7) is 8.68. The summed E-state index contributed by atoms with van der Waals surface area (Å²) in [5.41, 5.74) is 4.61. The van der Waals surface area contributed by atoms with Crippen molar-refractivity contribution >= 4 is 15.9 Å². The van der Waals surface area contributed by atoms with E-state index in [1.807, 2.05) is 13.8 Å². The third-order valence-electron chi connectivity index (χ3n) is 6.46. The second kappa shape index (κ2) is 10.1. The second-order valence-corrected chi connectivity index (χ2v) is 10.7. The van der Waals surface area contributed by atoms with Crippen LogP contribution in [0.15, 0.2) is 35.2 Å². The molecule has 7 nitrogen and oxygen atoms in total. The number of rotatable bonds is 7. The Morgan fingerprint density at radius 3 is 2.36 bits per heavy atom. The second-order valence-electron chi connectivity index (χ2n) is 8.74. The molecule has 2 aromatic carbocycles. The number of ether oxygens (including phenoxy) is 2. The number of hydrogen-bond acceptors (Lipinski definition) is 5. The number of hydrogen-bond donors (Lipinski definition) is 1. The minimum Gasteiger partial charge on any atom is -0.493 e. The first-order chi connectivity index (χ1) is 15.6. The van der Waals surface area contributed by atoms with Crippen LogP contribution in [0, 0.1) is 26.7 Å². The quantitative estimate of drug-likeness (QED) is 0.658. The summed E-state index contributed by atoms with van der Waals surface area (Å²) in [5, 5.41) is 3.10. The first-order valence-corrected chi connectivity index (χ1v) is 12.6. The summed E-state index contributed by atoms with van der Waals surface area (Å²) in [6.07, 6.45) is 1.28. The SMILES string of the molecule is COc1ccc(S(=O)(=O)N2CCCC(C(=O)NC(C)c3cc(C)c(C)cc3C)C2)cc1OC. The van der Waals surface area contributed by atoms with Crippen LogP contribution >= 0.6 is 0 Å². The highest BCUT2D eigenvalue weighted by Crippen LogP contribution is 2.32. The average Bonchev–Trinajstić information content (AvgIpc) is 2.80. The molecule has 0 saturated carbocycles. The first kappa shape index (κ1) is 25.1. The molecule has 8 heteroatoms. The van der Waals surface area contributed by atoms with Crippen molar-refractivity contribution in [1.82, 2.24) is 9.62 Å². The highest BCUT2D eigenvalue weighted by molar-refractivity contribution is 7.89. The summed E-state index contributed by atoms with van der Waals surface area (Å²) >= 11 is 0. The molecule has 2 atom stereocenters. The smallest absolute Gasteiger partial charge is 0.243 e. The van der Waals surface area contributed by atoms with Crippen LogP contribution in [0.2, 0.25) is 0 Å². The molecule has 3 rings (SSSR count). The number of aryl methyl sites for hydroxylation is 3. The van der Waals surface area contributed by atoms with Crippen molar-refractivity contribution in [2.45, 2.75) is 51.5 Å². The molecule has 2 aromatic rings. The lowest BCUT2D eigenvalue weighted by Crippen LogP contribution is -2.45. The van der Waals surface area contributed by atoms with Gasteiger partial charge in [-0.1, -0.05) is 12.1 Å². The van der Waals surface area contributed by atoms with Crippen molar-refractivity contribution in [3.05, 3.63) is 52.6 Å². The van der Waals surface area contributed by atoms with Crippen LogP contribution in [0.4, 0.5) is 0 Å². The number of nitrogens with one attached hydrogen (secondary N) is 1. The highest BCUT2D eigenvalue weighted by atomic mass is 32.2. The molecule has 1 aliphatic rings. The molecule has 1 amide bonds. The van der Waals surface area contributed by atoms with Gasteiger partial charge in [0.15, 0.2) is 11.5 Å². The zero-order valence-electron chi connectivity index (χ0n) is 20.3. The fourth-order valence-electron chi connectivity index (χ4n) is 4.36. The van der Waals surface area contributed by atoms with E-state index in [2.05, 4.69) is 31.3 Å². The number of benzene rings is 2. The Morgan fingerprint density at radius 1 is 1.03 bits per heavy atom. The number of methoxy groups -OCH3 is 2. The van der Waals surface area contributed by atoms with Crippen LogP contribution in [-0.4, -0.2) is 45.9 Å². The van der Waals surface area contributed by atoms with Crippen LogP contribution in [-0.2, 0) is 14.8 Å². The van der Waals surface area contributed by atoms with Gasteiger partial charge in [-0.05, 0) is 74.9 Å². The first-order valence-electron chi connectivity index (χ1n) is 11.2. The predicted octanol–water partition coefficient (Wildman–Crippen LogP) is 3.91. The third kappa shape index (κ3) is 5.33. The Hall–Kier alpha value is -2.58. The van der Waals surface area contributed by atoms with Crippen molar-refractivity contribution < 1.29 is 22.7 Å². The normalized spacial score (nSPS) is 17.9. The van der Waals surface area contributed by atoms with Gasteiger partial charge >= 0.3 is 0 Å². The van der Waals surface area contributed by atoms with Gasteiger partial charge in [0.2, 0.25) is 15.9 Å². The number of carbonyl (C=O) groups is 1. The minimum atomic E-state index is -3.77.